The lowest BCUT2D eigenvalue weighted by atomic mass is 9.99. The Balaban J connectivity index is 2.45. The largest absolute Gasteiger partial charge is 0.454 e. The van der Waals surface area contributed by atoms with Crippen LogP contribution < -0.4 is 0 Å². The number of esters is 1. The topological polar surface area (TPSA) is 63.7 Å². The van der Waals surface area contributed by atoms with Crippen LogP contribution in [0.25, 0.3) is 0 Å². The van der Waals surface area contributed by atoms with Crippen molar-refractivity contribution < 1.29 is 19.1 Å². The van der Waals surface area contributed by atoms with Crippen molar-refractivity contribution in [2.24, 2.45) is 5.92 Å². The third-order valence-electron chi connectivity index (χ3n) is 2.81. The summed E-state index contributed by atoms with van der Waals surface area (Å²) in [6.07, 6.45) is 0.421. The molecule has 1 heterocycles. The molecule has 0 radical (unpaired) electrons. The number of hydrogen-bond donors (Lipinski definition) is 0. The van der Waals surface area contributed by atoms with Crippen LogP contribution in [0.5, 0.6) is 0 Å². The maximum Gasteiger partial charge on any atom is 0.375 e. The van der Waals surface area contributed by atoms with E-state index in [1.54, 1.807) is 20.8 Å². The molecule has 1 unspecified atom stereocenters. The van der Waals surface area contributed by atoms with Gasteiger partial charge in [-0.15, -0.1) is 0 Å². The number of likely N-dealkylation sites (tertiary alicyclic amines) is 1. The number of ketones is 2. The van der Waals surface area contributed by atoms with Crippen LogP contribution in [0.15, 0.2) is 0 Å². The van der Waals surface area contributed by atoms with E-state index in [0.29, 0.717) is 6.54 Å². The summed E-state index contributed by atoms with van der Waals surface area (Å²) < 4.78 is 4.93. The Morgan fingerprint density at radius 3 is 2.33 bits per heavy atom. The molecule has 1 rings (SSSR count). The molecule has 1 atom stereocenters. The predicted molar refractivity (Wildman–Crippen MR) is 66.1 cm³/mol. The number of Topliss-reactive ketones (excluding diaryl/α,β-unsaturated/α-hetero) is 2. The Labute approximate surface area is 107 Å². The lowest BCUT2D eigenvalue weighted by molar-refractivity contribution is -0.163. The number of hydrogen-bond acceptors (Lipinski definition) is 5. The SMILES string of the molecule is CN1CCC(C(=O)CC(=O)C(=O)OC(C)(C)C)C1. The average molecular weight is 255 g/mol. The molecule has 0 amide bonds. The first-order chi connectivity index (χ1) is 8.19. The summed E-state index contributed by atoms with van der Waals surface area (Å²) in [6, 6.07) is 0. The van der Waals surface area contributed by atoms with Gasteiger partial charge in [0, 0.05) is 12.5 Å². The summed E-state index contributed by atoms with van der Waals surface area (Å²) in [6.45, 7) is 6.58. The van der Waals surface area contributed by atoms with Crippen LogP contribution in [0.4, 0.5) is 0 Å². The standard InChI is InChI=1S/C13H21NO4/c1-13(2,3)18-12(17)11(16)7-10(15)9-5-6-14(4)8-9/h9H,5-8H2,1-4H3. The molecule has 1 aliphatic heterocycles. The quantitative estimate of drug-likeness (QED) is 0.422. The van der Waals surface area contributed by atoms with Crippen molar-refractivity contribution in [1.29, 1.82) is 0 Å². The van der Waals surface area contributed by atoms with E-state index in [1.807, 2.05) is 11.9 Å². The molecule has 1 saturated heterocycles. The fraction of sp³-hybridized carbons (Fsp3) is 0.769. The first kappa shape index (κ1) is 14.8. The molecule has 0 spiro atoms. The summed E-state index contributed by atoms with van der Waals surface area (Å²) in [4.78, 5) is 36.9. The molecule has 0 bridgehead atoms. The summed E-state index contributed by atoms with van der Waals surface area (Å²) in [7, 11) is 1.93. The molecule has 1 aliphatic rings. The predicted octanol–water partition coefficient (Wildman–Crippen LogP) is 0.808. The molecule has 0 N–H and O–H groups in total. The second kappa shape index (κ2) is 5.61. The highest BCUT2D eigenvalue weighted by molar-refractivity contribution is 6.37. The smallest absolute Gasteiger partial charge is 0.375 e. The first-order valence-electron chi connectivity index (χ1n) is 6.16. The maximum absolute atomic E-state index is 11.8. The van der Waals surface area contributed by atoms with Crippen LogP contribution in [-0.2, 0) is 19.1 Å². The van der Waals surface area contributed by atoms with Crippen molar-refractivity contribution >= 4 is 17.5 Å². The summed E-state index contributed by atoms with van der Waals surface area (Å²) in [5.41, 5.74) is -0.705. The molecule has 18 heavy (non-hydrogen) atoms. The molecule has 102 valence electrons. The summed E-state index contributed by atoms with van der Waals surface area (Å²) >= 11 is 0. The Morgan fingerprint density at radius 1 is 1.28 bits per heavy atom. The van der Waals surface area contributed by atoms with Gasteiger partial charge < -0.3 is 9.64 Å². The molecular weight excluding hydrogens is 234 g/mol. The molecule has 0 aromatic rings. The van der Waals surface area contributed by atoms with Gasteiger partial charge in [0.25, 0.3) is 0 Å². The van der Waals surface area contributed by atoms with E-state index in [4.69, 9.17) is 4.74 Å². The lowest BCUT2D eigenvalue weighted by Gasteiger charge is -2.18. The molecular formula is C13H21NO4. The maximum atomic E-state index is 11.8. The number of nitrogens with zero attached hydrogens (tertiary/aromatic N) is 1. The van der Waals surface area contributed by atoms with Crippen molar-refractivity contribution in [3.63, 3.8) is 0 Å². The van der Waals surface area contributed by atoms with E-state index >= 15 is 0 Å². The van der Waals surface area contributed by atoms with Crippen LogP contribution in [0.3, 0.4) is 0 Å². The van der Waals surface area contributed by atoms with Crippen LogP contribution in [-0.4, -0.2) is 48.2 Å². The zero-order chi connectivity index (χ0) is 13.9. The highest BCUT2D eigenvalue weighted by atomic mass is 16.6. The monoisotopic (exact) mass is 255 g/mol. The van der Waals surface area contributed by atoms with Crippen LogP contribution in [0.2, 0.25) is 0 Å². The number of ether oxygens (including phenoxy) is 1. The third kappa shape index (κ3) is 4.56. The Morgan fingerprint density at radius 2 is 1.89 bits per heavy atom. The van der Waals surface area contributed by atoms with Gasteiger partial charge in [-0.1, -0.05) is 0 Å². The van der Waals surface area contributed by atoms with Crippen molar-refractivity contribution in [3.8, 4) is 0 Å². The van der Waals surface area contributed by atoms with E-state index in [-0.39, 0.29) is 18.1 Å². The highest BCUT2D eigenvalue weighted by Gasteiger charge is 2.30. The molecule has 1 fully saturated rings. The molecule has 5 nitrogen and oxygen atoms in total. The van der Waals surface area contributed by atoms with Gasteiger partial charge >= 0.3 is 5.97 Å². The minimum atomic E-state index is -0.915. The Bertz CT molecular complexity index is 356. The fourth-order valence-electron chi connectivity index (χ4n) is 1.91. The second-order valence-electron chi connectivity index (χ2n) is 5.82. The molecule has 0 saturated carbocycles. The van der Waals surface area contributed by atoms with Gasteiger partial charge in [0.05, 0.1) is 6.42 Å². The van der Waals surface area contributed by atoms with Crippen molar-refractivity contribution in [1.82, 2.24) is 4.90 Å². The molecule has 0 aromatic carbocycles. The zero-order valence-electron chi connectivity index (χ0n) is 11.5. The minimum Gasteiger partial charge on any atom is -0.454 e. The van der Waals surface area contributed by atoms with Gasteiger partial charge in [0.2, 0.25) is 5.78 Å². The minimum absolute atomic E-state index is 0.124. The van der Waals surface area contributed by atoms with Crippen molar-refractivity contribution in [2.45, 2.75) is 39.2 Å². The van der Waals surface area contributed by atoms with Crippen LogP contribution in [0.1, 0.15) is 33.6 Å². The Hall–Kier alpha value is -1.23. The van der Waals surface area contributed by atoms with Gasteiger partial charge in [0.15, 0.2) is 0 Å². The first-order valence-corrected chi connectivity index (χ1v) is 6.16. The summed E-state index contributed by atoms with van der Waals surface area (Å²) in [5.74, 6) is -1.94. The molecule has 0 aromatic heterocycles. The number of rotatable bonds is 4. The van der Waals surface area contributed by atoms with Gasteiger partial charge in [-0.05, 0) is 40.8 Å². The number of carbonyl (C=O) groups is 3. The fourth-order valence-corrected chi connectivity index (χ4v) is 1.91. The van der Waals surface area contributed by atoms with Gasteiger partial charge in [-0.2, -0.15) is 0 Å². The third-order valence-corrected chi connectivity index (χ3v) is 2.81. The van der Waals surface area contributed by atoms with Gasteiger partial charge in [0.1, 0.15) is 11.4 Å². The number of carbonyl (C=O) groups excluding carboxylic acids is 3. The molecule has 0 aliphatic carbocycles. The van der Waals surface area contributed by atoms with E-state index in [1.165, 1.54) is 0 Å². The van der Waals surface area contributed by atoms with Crippen molar-refractivity contribution in [2.75, 3.05) is 20.1 Å². The summed E-state index contributed by atoms with van der Waals surface area (Å²) in [5, 5.41) is 0. The highest BCUT2D eigenvalue weighted by Crippen LogP contribution is 2.17. The second-order valence-corrected chi connectivity index (χ2v) is 5.82. The van der Waals surface area contributed by atoms with E-state index in [2.05, 4.69) is 0 Å². The van der Waals surface area contributed by atoms with E-state index in [9.17, 15) is 14.4 Å². The van der Waals surface area contributed by atoms with Gasteiger partial charge in [-0.25, -0.2) is 4.79 Å². The lowest BCUT2D eigenvalue weighted by Crippen LogP contribution is -2.31. The Kier molecular flexibility index (Phi) is 4.62. The van der Waals surface area contributed by atoms with E-state index < -0.39 is 17.4 Å². The zero-order valence-corrected chi connectivity index (χ0v) is 11.5. The van der Waals surface area contributed by atoms with E-state index in [0.717, 1.165) is 13.0 Å². The van der Waals surface area contributed by atoms with Crippen LogP contribution in [0, 0.1) is 5.92 Å². The average Bonchev–Trinajstić information content (AvgIpc) is 2.62. The normalized spacial score (nSPS) is 20.8. The van der Waals surface area contributed by atoms with Crippen LogP contribution >= 0.6 is 0 Å². The molecule has 5 heteroatoms. The van der Waals surface area contributed by atoms with Gasteiger partial charge in [-0.3, -0.25) is 9.59 Å². The van der Waals surface area contributed by atoms with Crippen molar-refractivity contribution in [3.05, 3.63) is 0 Å².